The molecule has 8 nitrogen and oxygen atoms in total. The summed E-state index contributed by atoms with van der Waals surface area (Å²) in [6, 6.07) is 8.63. The minimum absolute atomic E-state index is 0.0739. The average molecular weight is 490 g/mol. The van der Waals surface area contributed by atoms with Crippen molar-refractivity contribution in [1.82, 2.24) is 19.9 Å². The van der Waals surface area contributed by atoms with E-state index in [2.05, 4.69) is 58.0 Å². The first-order valence-corrected chi connectivity index (χ1v) is 13.1. The Labute approximate surface area is 209 Å². The van der Waals surface area contributed by atoms with Gasteiger partial charge in [-0.05, 0) is 35.8 Å². The Bertz CT molecular complexity index is 1290. The number of nitrogens with zero attached hydrogens (tertiary/aromatic N) is 5. The molecule has 3 aliphatic rings. The number of nitrogens with two attached hydrogens (primary N) is 2. The molecule has 1 atom stereocenters. The maximum absolute atomic E-state index is 13.3. The van der Waals surface area contributed by atoms with E-state index in [-0.39, 0.29) is 34.3 Å². The second kappa shape index (κ2) is 7.99. The molecule has 0 bridgehead atoms. The van der Waals surface area contributed by atoms with E-state index < -0.39 is 0 Å². The maximum atomic E-state index is 13.3. The molecule has 3 aromatic rings. The van der Waals surface area contributed by atoms with Gasteiger partial charge in [0.25, 0.3) is 5.91 Å². The summed E-state index contributed by atoms with van der Waals surface area (Å²) in [5, 5.41) is 0. The van der Waals surface area contributed by atoms with Crippen molar-refractivity contribution in [3.8, 4) is 0 Å². The van der Waals surface area contributed by atoms with Crippen molar-refractivity contribution < 1.29 is 4.79 Å². The monoisotopic (exact) mass is 489 g/mol. The first-order valence-electron chi connectivity index (χ1n) is 12.2. The first-order chi connectivity index (χ1) is 16.8. The number of carbonyl (C=O) groups is 1. The molecule has 1 spiro atoms. The molecule has 9 heteroatoms. The van der Waals surface area contributed by atoms with Crippen molar-refractivity contribution in [3.63, 3.8) is 0 Å². The van der Waals surface area contributed by atoms with Crippen LogP contribution < -0.4 is 16.4 Å². The zero-order valence-corrected chi connectivity index (χ0v) is 21.0. The third-order valence-electron chi connectivity index (χ3n) is 8.15. The molecule has 4 heterocycles. The molecule has 1 aromatic carbocycles. The Kier molecular flexibility index (Phi) is 5.12. The van der Waals surface area contributed by atoms with Gasteiger partial charge in [-0.2, -0.15) is 0 Å². The molecular weight excluding hydrogens is 458 g/mol. The molecule has 4 N–H and O–H groups in total. The normalized spacial score (nSPS) is 22.2. The summed E-state index contributed by atoms with van der Waals surface area (Å²) in [4.78, 5) is 32.1. The second-order valence-corrected chi connectivity index (χ2v) is 11.8. The number of carbonyl (C=O) groups excluding carboxylic acids is 1. The van der Waals surface area contributed by atoms with E-state index in [4.69, 9.17) is 11.5 Å². The van der Waals surface area contributed by atoms with Crippen LogP contribution in [0.15, 0.2) is 36.0 Å². The van der Waals surface area contributed by atoms with Crippen molar-refractivity contribution in [2.45, 2.75) is 51.1 Å². The third kappa shape index (κ3) is 3.60. The molecule has 1 fully saturated rings. The van der Waals surface area contributed by atoms with Crippen molar-refractivity contribution in [1.29, 1.82) is 0 Å². The number of rotatable bonds is 2. The van der Waals surface area contributed by atoms with Gasteiger partial charge in [0.1, 0.15) is 5.82 Å². The Balaban J connectivity index is 1.16. The Morgan fingerprint density at radius 3 is 2.69 bits per heavy atom. The number of amides is 1. The van der Waals surface area contributed by atoms with E-state index in [0.717, 1.165) is 48.7 Å². The number of hydrogen-bond donors (Lipinski definition) is 2. The molecule has 1 saturated heterocycles. The van der Waals surface area contributed by atoms with Gasteiger partial charge >= 0.3 is 0 Å². The van der Waals surface area contributed by atoms with Crippen molar-refractivity contribution in [2.75, 3.05) is 30.3 Å². The summed E-state index contributed by atoms with van der Waals surface area (Å²) < 4.78 is 0. The molecule has 2 aliphatic heterocycles. The van der Waals surface area contributed by atoms with Crippen LogP contribution in [0, 0.1) is 5.41 Å². The summed E-state index contributed by atoms with van der Waals surface area (Å²) in [6.45, 7) is 7.02. The number of hydrogen-bond acceptors (Lipinski definition) is 8. The van der Waals surface area contributed by atoms with Crippen LogP contribution in [0.5, 0.6) is 0 Å². The molecule has 0 radical (unpaired) electrons. The molecule has 35 heavy (non-hydrogen) atoms. The van der Waals surface area contributed by atoms with Gasteiger partial charge < -0.3 is 21.3 Å². The maximum Gasteiger partial charge on any atom is 0.276 e. The predicted molar refractivity (Wildman–Crippen MR) is 137 cm³/mol. The van der Waals surface area contributed by atoms with E-state index in [1.54, 1.807) is 17.5 Å². The number of anilines is 2. The van der Waals surface area contributed by atoms with Crippen LogP contribution in [-0.2, 0) is 18.4 Å². The minimum Gasteiger partial charge on any atom is -0.382 e. The summed E-state index contributed by atoms with van der Waals surface area (Å²) in [5.74, 6) is 0.730. The van der Waals surface area contributed by atoms with E-state index in [9.17, 15) is 4.79 Å². The lowest BCUT2D eigenvalue weighted by atomic mass is 9.73. The second-order valence-electron chi connectivity index (χ2n) is 10.8. The topological polar surface area (TPSA) is 114 Å². The largest absolute Gasteiger partial charge is 0.382 e. The lowest BCUT2D eigenvalue weighted by Crippen LogP contribution is -2.45. The average Bonchev–Trinajstić information content (AvgIpc) is 3.43. The molecule has 2 aromatic heterocycles. The Hall–Kier alpha value is -3.04. The van der Waals surface area contributed by atoms with E-state index in [1.165, 1.54) is 11.1 Å². The third-order valence-corrected chi connectivity index (χ3v) is 8.97. The van der Waals surface area contributed by atoms with Crippen molar-refractivity contribution in [2.24, 2.45) is 11.1 Å². The van der Waals surface area contributed by atoms with Crippen LogP contribution in [0.1, 0.15) is 64.9 Å². The quantitative estimate of drug-likeness (QED) is 0.568. The molecule has 182 valence electrons. The smallest absolute Gasteiger partial charge is 0.276 e. The van der Waals surface area contributed by atoms with Gasteiger partial charge in [0, 0.05) is 36.0 Å². The fraction of sp³-hybridized carbons (Fsp3) is 0.462. The van der Waals surface area contributed by atoms with Crippen molar-refractivity contribution >= 4 is 28.9 Å². The van der Waals surface area contributed by atoms with Crippen LogP contribution in [0.3, 0.4) is 0 Å². The zero-order chi connectivity index (χ0) is 24.4. The summed E-state index contributed by atoms with van der Waals surface area (Å²) in [6.07, 6.45) is 4.71. The highest BCUT2D eigenvalue weighted by Gasteiger charge is 2.46. The fourth-order valence-electron chi connectivity index (χ4n) is 6.21. The highest BCUT2D eigenvalue weighted by molar-refractivity contribution is 7.09. The molecule has 1 aliphatic carbocycles. The lowest BCUT2D eigenvalue weighted by Gasteiger charge is -2.42. The van der Waals surface area contributed by atoms with Gasteiger partial charge in [-0.15, -0.1) is 11.3 Å². The molecule has 6 rings (SSSR count). The number of piperidine rings is 1. The highest BCUT2D eigenvalue weighted by atomic mass is 32.1. The summed E-state index contributed by atoms with van der Waals surface area (Å²) in [7, 11) is 0. The van der Waals surface area contributed by atoms with Crippen LogP contribution in [0.4, 0.5) is 11.6 Å². The van der Waals surface area contributed by atoms with Gasteiger partial charge in [0.15, 0.2) is 11.5 Å². The molecular formula is C26H31N7OS. The van der Waals surface area contributed by atoms with E-state index in [1.807, 2.05) is 10.4 Å². The highest BCUT2D eigenvalue weighted by Crippen LogP contribution is 2.50. The summed E-state index contributed by atoms with van der Waals surface area (Å²) in [5.41, 5.74) is 18.7. The molecule has 0 saturated carbocycles. The van der Waals surface area contributed by atoms with Gasteiger partial charge in [-0.25, -0.2) is 15.0 Å². The number of benzene rings is 1. The lowest BCUT2D eigenvalue weighted by molar-refractivity contribution is 0.0682. The standard InChI is InChI=1S/C26H31N7OS/c1-25(2)14-33(13-18-22(25)30-15-35-18)24(34)20-23(28)31-19(12-29-20)32-9-7-26(8-10-32)11-16-5-3-4-6-17(16)21(26)27/h3-6,12,15,21H,7-11,13-14,27H2,1-2H3,(H2,28,31). The minimum atomic E-state index is -0.212. The summed E-state index contributed by atoms with van der Waals surface area (Å²) >= 11 is 1.59. The van der Waals surface area contributed by atoms with Crippen molar-refractivity contribution in [3.05, 3.63) is 63.4 Å². The number of nitrogen functional groups attached to an aromatic ring is 1. The number of aromatic nitrogens is 3. The van der Waals surface area contributed by atoms with Crippen LogP contribution >= 0.6 is 11.3 Å². The van der Waals surface area contributed by atoms with Gasteiger partial charge in [0.05, 0.1) is 23.9 Å². The Morgan fingerprint density at radius 1 is 1.17 bits per heavy atom. The predicted octanol–water partition coefficient (Wildman–Crippen LogP) is 3.29. The molecule has 1 unspecified atom stereocenters. The van der Waals surface area contributed by atoms with Gasteiger partial charge in [-0.1, -0.05) is 38.1 Å². The van der Waals surface area contributed by atoms with E-state index in [0.29, 0.717) is 13.1 Å². The van der Waals surface area contributed by atoms with Crippen LogP contribution in [-0.4, -0.2) is 45.4 Å². The van der Waals surface area contributed by atoms with Crippen LogP contribution in [0.2, 0.25) is 0 Å². The zero-order valence-electron chi connectivity index (χ0n) is 20.2. The fourth-order valence-corrected chi connectivity index (χ4v) is 7.16. The number of fused-ring (bicyclic) bond motifs is 2. The molecule has 1 amide bonds. The SMILES string of the molecule is CC1(C)CN(C(=O)c2ncc(N3CCC4(CC3)Cc3ccccc3C4N)nc2N)Cc2scnc21. The number of thiazole rings is 1. The van der Waals surface area contributed by atoms with Gasteiger partial charge in [-0.3, -0.25) is 4.79 Å². The van der Waals surface area contributed by atoms with E-state index >= 15 is 0 Å². The van der Waals surface area contributed by atoms with Gasteiger partial charge in [0.2, 0.25) is 0 Å². The van der Waals surface area contributed by atoms with Crippen LogP contribution in [0.25, 0.3) is 0 Å². The Morgan fingerprint density at radius 2 is 1.94 bits per heavy atom. The first kappa shape index (κ1) is 22.4.